The highest BCUT2D eigenvalue weighted by Crippen LogP contribution is 2.21. The second-order valence-electron chi connectivity index (χ2n) is 7.40. The standard InChI is InChI=1S/C18H36ClIN7O/c1-4-12(2)9-15(28-13(3)16(19)7-5-14-10-22-14)6-8-17(23-11-21)24-18-25-20-27-26-18/h5,7,12-16,18,22,25-27H,4,6,8-11,21H2,1-3H3,(H,23,24)/q+1/b7-5-/t12-,13-,14+,15-,16+,18+/m1/s1. The predicted molar refractivity (Wildman–Crippen MR) is 111 cm³/mol. The van der Waals surface area contributed by atoms with Crippen LogP contribution in [-0.4, -0.2) is 49.0 Å². The third kappa shape index (κ3) is 9.66. The Hall–Kier alpha value is -0.0100. The molecule has 0 bridgehead atoms. The summed E-state index contributed by atoms with van der Waals surface area (Å²) in [4.78, 5) is 4.42. The monoisotopic (exact) mass is 528 g/mol. The highest BCUT2D eigenvalue weighted by molar-refractivity contribution is 6.22. The normalized spacial score (nSPS) is 27.0. The van der Waals surface area contributed by atoms with Crippen LogP contribution in [0.2, 0.25) is 0 Å². The molecule has 6 atom stereocenters. The van der Waals surface area contributed by atoms with Crippen molar-refractivity contribution in [1.29, 1.82) is 0 Å². The highest BCUT2D eigenvalue weighted by Gasteiger charge is 2.27. The maximum atomic E-state index is 6.53. The number of halogens is 2. The summed E-state index contributed by atoms with van der Waals surface area (Å²) in [6.45, 7) is 7.86. The van der Waals surface area contributed by atoms with Crippen molar-refractivity contribution in [2.24, 2.45) is 16.6 Å². The molecule has 10 heteroatoms. The van der Waals surface area contributed by atoms with Crippen LogP contribution in [-0.2, 0) is 4.74 Å². The first-order valence-corrected chi connectivity index (χ1v) is 12.7. The molecule has 2 saturated heterocycles. The van der Waals surface area contributed by atoms with E-state index in [4.69, 9.17) is 22.1 Å². The van der Waals surface area contributed by atoms with Crippen LogP contribution in [0.4, 0.5) is 0 Å². The fraction of sp³-hybridized carbons (Fsp3) is 0.833. The van der Waals surface area contributed by atoms with Gasteiger partial charge in [0.2, 0.25) is 0 Å². The maximum Gasteiger partial charge on any atom is 0.527 e. The van der Waals surface area contributed by atoms with Gasteiger partial charge in [-0.3, -0.25) is 4.99 Å². The molecule has 0 amide bonds. The summed E-state index contributed by atoms with van der Waals surface area (Å²) in [6, 6.07) is 0.486. The van der Waals surface area contributed by atoms with Gasteiger partial charge in [0.15, 0.2) is 6.29 Å². The third-order valence-corrected chi connectivity index (χ3v) is 6.91. The summed E-state index contributed by atoms with van der Waals surface area (Å²) in [5.41, 5.74) is 8.80. The van der Waals surface area contributed by atoms with Gasteiger partial charge in [-0.25, -0.2) is 0 Å². The summed E-state index contributed by atoms with van der Waals surface area (Å²) >= 11 is 6.32. The van der Waals surface area contributed by atoms with Gasteiger partial charge in [0.25, 0.3) is 0 Å². The maximum absolute atomic E-state index is 6.53. The summed E-state index contributed by atoms with van der Waals surface area (Å²) in [5.74, 6) is 1.50. The van der Waals surface area contributed by atoms with Gasteiger partial charge in [-0.2, -0.15) is 5.43 Å². The molecule has 7 N–H and O–H groups in total. The number of nitrogens with zero attached hydrogens (tertiary/aromatic N) is 1. The molecule has 0 unspecified atom stereocenters. The van der Waals surface area contributed by atoms with Gasteiger partial charge in [0.1, 0.15) is 5.84 Å². The summed E-state index contributed by atoms with van der Waals surface area (Å²) < 4.78 is 12.9. The van der Waals surface area contributed by atoms with E-state index in [2.05, 4.69) is 55.1 Å². The first-order chi connectivity index (χ1) is 13.5. The number of hydrogen-bond acceptors (Lipinski definition) is 7. The lowest BCUT2D eigenvalue weighted by atomic mass is 9.97. The number of hydrazine groups is 1. The number of alkyl halides is 1. The molecule has 0 spiro atoms. The van der Waals surface area contributed by atoms with Gasteiger partial charge in [0, 0.05) is 19.0 Å². The lowest BCUT2D eigenvalue weighted by molar-refractivity contribution is -0.748. The van der Waals surface area contributed by atoms with E-state index in [0.29, 0.717) is 12.0 Å². The predicted octanol–water partition coefficient (Wildman–Crippen LogP) is -2.08. The minimum Gasteiger partial charge on any atom is -0.373 e. The molecule has 0 aliphatic carbocycles. The lowest BCUT2D eigenvalue weighted by Gasteiger charge is -2.27. The van der Waals surface area contributed by atoms with Gasteiger partial charge in [-0.15, -0.1) is 11.6 Å². The van der Waals surface area contributed by atoms with Crippen LogP contribution in [0.15, 0.2) is 17.1 Å². The Balaban J connectivity index is 1.87. The molecule has 28 heavy (non-hydrogen) atoms. The Morgan fingerprint density at radius 2 is 2.25 bits per heavy atom. The number of hydrogen-bond donors (Lipinski definition) is 6. The van der Waals surface area contributed by atoms with E-state index in [1.807, 2.05) is 6.08 Å². The largest absolute Gasteiger partial charge is 0.527 e. The number of nitrogens with one attached hydrogen (secondary N) is 5. The SMILES string of the molecule is CC[C@@H](C)C[C@@H](CCC(=NCN)N[C@@H]1NN[I+]N1)O[C@H](C)[C@@H](Cl)/C=C\[C@H]1CN1. The van der Waals surface area contributed by atoms with Gasteiger partial charge >= 0.3 is 21.8 Å². The second-order valence-corrected chi connectivity index (χ2v) is 9.61. The molecular formula is C18H36ClIN7O+. The van der Waals surface area contributed by atoms with Gasteiger partial charge in [0.05, 0.1) is 24.3 Å². The Kier molecular flexibility index (Phi) is 11.5. The van der Waals surface area contributed by atoms with E-state index in [1.165, 1.54) is 0 Å². The number of ether oxygens (including phenoxy) is 1. The Morgan fingerprint density at radius 1 is 1.46 bits per heavy atom. The van der Waals surface area contributed by atoms with Crippen molar-refractivity contribution in [3.63, 3.8) is 0 Å². The van der Waals surface area contributed by atoms with Crippen LogP contribution in [0, 0.1) is 5.92 Å². The van der Waals surface area contributed by atoms with Crippen LogP contribution in [0.25, 0.3) is 0 Å². The van der Waals surface area contributed by atoms with Crippen LogP contribution in [0.3, 0.4) is 0 Å². The Labute approximate surface area is 185 Å². The highest BCUT2D eigenvalue weighted by atomic mass is 127. The van der Waals surface area contributed by atoms with Crippen molar-refractivity contribution >= 4 is 17.4 Å². The van der Waals surface area contributed by atoms with Crippen molar-refractivity contribution < 1.29 is 26.5 Å². The molecule has 0 aromatic rings. The van der Waals surface area contributed by atoms with E-state index < -0.39 is 0 Å². The molecular weight excluding hydrogens is 493 g/mol. The van der Waals surface area contributed by atoms with E-state index in [9.17, 15) is 0 Å². The van der Waals surface area contributed by atoms with Crippen molar-refractivity contribution in [3.05, 3.63) is 12.2 Å². The minimum atomic E-state index is -0.211. The number of nitrogens with two attached hydrogens (primary N) is 1. The number of amidine groups is 1. The van der Waals surface area contributed by atoms with Crippen molar-refractivity contribution in [3.8, 4) is 0 Å². The zero-order chi connectivity index (χ0) is 20.4. The molecule has 0 radical (unpaired) electrons. The van der Waals surface area contributed by atoms with Crippen molar-refractivity contribution in [1.82, 2.24) is 23.2 Å². The molecule has 2 fully saturated rings. The smallest absolute Gasteiger partial charge is 0.373 e. The lowest BCUT2D eigenvalue weighted by Crippen LogP contribution is -3.72. The minimum absolute atomic E-state index is 0.000602. The summed E-state index contributed by atoms with van der Waals surface area (Å²) in [6.07, 6.45) is 8.10. The summed E-state index contributed by atoms with van der Waals surface area (Å²) in [7, 11) is 0. The number of rotatable bonds is 13. The number of aliphatic imine (C=N–C) groups is 1. The fourth-order valence-corrected chi connectivity index (χ4v) is 4.25. The van der Waals surface area contributed by atoms with Crippen LogP contribution in [0.1, 0.15) is 46.5 Å². The van der Waals surface area contributed by atoms with E-state index >= 15 is 0 Å². The molecule has 8 nitrogen and oxygen atoms in total. The molecule has 2 rings (SSSR count). The topological polar surface area (TPSA) is 118 Å². The van der Waals surface area contributed by atoms with Crippen LogP contribution >= 0.6 is 11.6 Å². The molecule has 2 aliphatic rings. The van der Waals surface area contributed by atoms with E-state index in [-0.39, 0.29) is 52.3 Å². The molecule has 162 valence electrons. The quantitative estimate of drug-likeness (QED) is 0.0309. The zero-order valence-corrected chi connectivity index (χ0v) is 20.0. The molecule has 0 saturated carbocycles. The van der Waals surface area contributed by atoms with Gasteiger partial charge < -0.3 is 21.1 Å². The Bertz CT molecular complexity index is 500. The summed E-state index contributed by atoms with van der Waals surface area (Å²) in [5, 5.41) is 6.49. The average Bonchev–Trinajstić information content (AvgIpc) is 3.38. The van der Waals surface area contributed by atoms with Gasteiger partial charge in [-0.05, 0) is 29.3 Å². The Morgan fingerprint density at radius 3 is 2.86 bits per heavy atom. The third-order valence-electron chi connectivity index (χ3n) is 4.89. The molecule has 0 aromatic heterocycles. The van der Waals surface area contributed by atoms with E-state index in [1.54, 1.807) is 0 Å². The second kappa shape index (κ2) is 13.3. The zero-order valence-electron chi connectivity index (χ0n) is 17.1. The molecule has 0 aromatic carbocycles. The first kappa shape index (κ1) is 24.3. The average molecular weight is 529 g/mol. The van der Waals surface area contributed by atoms with Crippen molar-refractivity contribution in [2.75, 3.05) is 13.2 Å². The molecule has 2 heterocycles. The fourth-order valence-electron chi connectivity index (χ4n) is 2.86. The van der Waals surface area contributed by atoms with Gasteiger partial charge in [-0.1, -0.05) is 36.0 Å². The van der Waals surface area contributed by atoms with E-state index in [0.717, 1.165) is 38.1 Å². The van der Waals surface area contributed by atoms with Crippen molar-refractivity contribution in [2.45, 2.75) is 76.4 Å². The van der Waals surface area contributed by atoms with Crippen LogP contribution < -0.4 is 50.7 Å². The first-order valence-electron chi connectivity index (χ1n) is 10.1. The molecule has 2 aliphatic heterocycles. The van der Waals surface area contributed by atoms with Crippen LogP contribution in [0.5, 0.6) is 0 Å².